The first-order chi connectivity index (χ1) is 8.19. The molecule has 0 bridgehead atoms. The molecule has 0 spiro atoms. The number of aliphatic hydroxyl groups is 1. The van der Waals surface area contributed by atoms with Crippen molar-refractivity contribution in [1.82, 2.24) is 9.88 Å². The SMILES string of the molecule is Nc1nc(CC(=O)N2CCOC(CO)C2)cs1. The highest BCUT2D eigenvalue weighted by Gasteiger charge is 2.24. The summed E-state index contributed by atoms with van der Waals surface area (Å²) in [6.07, 6.45) is -0.0144. The summed E-state index contributed by atoms with van der Waals surface area (Å²) < 4.78 is 5.28. The summed E-state index contributed by atoms with van der Waals surface area (Å²) in [5.41, 5.74) is 6.20. The molecule has 0 radical (unpaired) electrons. The van der Waals surface area contributed by atoms with E-state index in [1.54, 1.807) is 10.3 Å². The molecule has 2 rings (SSSR count). The fraction of sp³-hybridized carbons (Fsp3) is 0.600. The quantitative estimate of drug-likeness (QED) is 0.761. The zero-order valence-electron chi connectivity index (χ0n) is 9.33. The van der Waals surface area contributed by atoms with E-state index >= 15 is 0 Å². The average Bonchev–Trinajstić information content (AvgIpc) is 2.75. The Morgan fingerprint density at radius 3 is 3.24 bits per heavy atom. The molecule has 0 saturated carbocycles. The van der Waals surface area contributed by atoms with Gasteiger partial charge < -0.3 is 20.5 Å². The molecule has 1 aromatic heterocycles. The summed E-state index contributed by atoms with van der Waals surface area (Å²) in [5.74, 6) is -0.00273. The van der Waals surface area contributed by atoms with Crippen LogP contribution in [0, 0.1) is 0 Å². The molecule has 0 aliphatic carbocycles. The third kappa shape index (κ3) is 3.15. The molecule has 1 unspecified atom stereocenters. The summed E-state index contributed by atoms with van der Waals surface area (Å²) in [7, 11) is 0. The van der Waals surface area contributed by atoms with Crippen LogP contribution in [-0.2, 0) is 16.0 Å². The molecule has 3 N–H and O–H groups in total. The van der Waals surface area contributed by atoms with Gasteiger partial charge in [0.25, 0.3) is 0 Å². The van der Waals surface area contributed by atoms with Crippen molar-refractivity contribution in [3.05, 3.63) is 11.1 Å². The first-order valence-electron chi connectivity index (χ1n) is 5.39. The van der Waals surface area contributed by atoms with Crippen molar-refractivity contribution in [3.63, 3.8) is 0 Å². The lowest BCUT2D eigenvalue weighted by atomic mass is 10.2. The van der Waals surface area contributed by atoms with E-state index in [4.69, 9.17) is 15.6 Å². The van der Waals surface area contributed by atoms with Crippen molar-refractivity contribution in [2.45, 2.75) is 12.5 Å². The predicted molar refractivity (Wildman–Crippen MR) is 63.6 cm³/mol. The van der Waals surface area contributed by atoms with E-state index in [0.29, 0.717) is 30.5 Å². The predicted octanol–water partition coefficient (Wildman–Crippen LogP) is -0.512. The Labute approximate surface area is 103 Å². The first-order valence-corrected chi connectivity index (χ1v) is 6.27. The van der Waals surface area contributed by atoms with Crippen LogP contribution in [0.25, 0.3) is 0 Å². The second kappa shape index (κ2) is 5.44. The van der Waals surface area contributed by atoms with Gasteiger partial charge in [-0.15, -0.1) is 11.3 Å². The molecular weight excluding hydrogens is 242 g/mol. The van der Waals surface area contributed by atoms with Crippen molar-refractivity contribution >= 4 is 22.4 Å². The van der Waals surface area contributed by atoms with E-state index < -0.39 is 0 Å². The number of ether oxygens (including phenoxy) is 1. The largest absolute Gasteiger partial charge is 0.394 e. The van der Waals surface area contributed by atoms with Gasteiger partial charge in [-0.1, -0.05) is 0 Å². The minimum Gasteiger partial charge on any atom is -0.394 e. The van der Waals surface area contributed by atoms with Crippen LogP contribution in [0.2, 0.25) is 0 Å². The lowest BCUT2D eigenvalue weighted by Gasteiger charge is -2.31. The number of morpholine rings is 1. The second-order valence-electron chi connectivity index (χ2n) is 3.87. The lowest BCUT2D eigenvalue weighted by Crippen LogP contribution is -2.47. The Hall–Kier alpha value is -1.18. The first kappa shape index (κ1) is 12.3. The third-order valence-electron chi connectivity index (χ3n) is 2.60. The Morgan fingerprint density at radius 2 is 2.59 bits per heavy atom. The van der Waals surface area contributed by atoms with Crippen LogP contribution in [0.15, 0.2) is 5.38 Å². The smallest absolute Gasteiger partial charge is 0.228 e. The molecule has 0 aromatic carbocycles. The van der Waals surface area contributed by atoms with Crippen LogP contribution in [0.3, 0.4) is 0 Å². The molecule has 1 fully saturated rings. The van der Waals surface area contributed by atoms with E-state index in [0.717, 1.165) is 0 Å². The summed E-state index contributed by atoms with van der Waals surface area (Å²) in [6, 6.07) is 0. The number of hydrogen-bond acceptors (Lipinski definition) is 6. The maximum atomic E-state index is 12.0. The van der Waals surface area contributed by atoms with Gasteiger partial charge in [-0.05, 0) is 0 Å². The minimum absolute atomic E-state index is 0.00273. The zero-order chi connectivity index (χ0) is 12.3. The third-order valence-corrected chi connectivity index (χ3v) is 3.32. The van der Waals surface area contributed by atoms with Gasteiger partial charge in [-0.3, -0.25) is 4.79 Å². The standard InChI is InChI=1S/C10H15N3O3S/c11-10-12-7(6-17-10)3-9(15)13-1-2-16-8(4-13)5-14/h6,8,14H,1-5H2,(H2,11,12). The van der Waals surface area contributed by atoms with Gasteiger partial charge in [0.2, 0.25) is 5.91 Å². The minimum atomic E-state index is -0.270. The lowest BCUT2D eigenvalue weighted by molar-refractivity contribution is -0.139. The van der Waals surface area contributed by atoms with Crippen LogP contribution in [0.1, 0.15) is 5.69 Å². The van der Waals surface area contributed by atoms with Gasteiger partial charge >= 0.3 is 0 Å². The van der Waals surface area contributed by atoms with E-state index in [2.05, 4.69) is 4.98 Å². The van der Waals surface area contributed by atoms with Gasteiger partial charge in [-0.25, -0.2) is 4.98 Å². The van der Waals surface area contributed by atoms with Crippen LogP contribution < -0.4 is 5.73 Å². The maximum absolute atomic E-state index is 12.0. The number of aromatic nitrogens is 1. The number of nitrogen functional groups attached to an aromatic ring is 1. The average molecular weight is 257 g/mol. The van der Waals surface area contributed by atoms with Gasteiger partial charge in [0.15, 0.2) is 5.13 Å². The van der Waals surface area contributed by atoms with Gasteiger partial charge in [0, 0.05) is 18.5 Å². The molecule has 1 amide bonds. The summed E-state index contributed by atoms with van der Waals surface area (Å²) in [6.45, 7) is 1.41. The van der Waals surface area contributed by atoms with Crippen molar-refractivity contribution < 1.29 is 14.6 Å². The molecule has 94 valence electrons. The van der Waals surface area contributed by atoms with Crippen LogP contribution >= 0.6 is 11.3 Å². The Kier molecular flexibility index (Phi) is 3.93. The molecule has 1 aromatic rings. The number of anilines is 1. The highest BCUT2D eigenvalue weighted by molar-refractivity contribution is 7.13. The number of carbonyl (C=O) groups is 1. The van der Waals surface area contributed by atoms with Gasteiger partial charge in [0.05, 0.1) is 31.4 Å². The molecule has 1 aliphatic heterocycles. The van der Waals surface area contributed by atoms with Crippen LogP contribution in [-0.4, -0.2) is 53.3 Å². The number of hydrogen-bond donors (Lipinski definition) is 2. The molecule has 17 heavy (non-hydrogen) atoms. The summed E-state index contributed by atoms with van der Waals surface area (Å²) in [4.78, 5) is 17.7. The Bertz CT molecular complexity index is 396. The molecule has 1 saturated heterocycles. The molecular formula is C10H15N3O3S. The molecule has 6 nitrogen and oxygen atoms in total. The van der Waals surface area contributed by atoms with Gasteiger partial charge in [-0.2, -0.15) is 0 Å². The molecule has 7 heteroatoms. The summed E-state index contributed by atoms with van der Waals surface area (Å²) >= 11 is 1.33. The molecule has 2 heterocycles. The number of amides is 1. The highest BCUT2D eigenvalue weighted by atomic mass is 32.1. The van der Waals surface area contributed by atoms with Crippen molar-refractivity contribution in [2.24, 2.45) is 0 Å². The number of carbonyl (C=O) groups excluding carboxylic acids is 1. The number of nitrogens with two attached hydrogens (primary N) is 1. The van der Waals surface area contributed by atoms with E-state index in [1.807, 2.05) is 0 Å². The van der Waals surface area contributed by atoms with Gasteiger partial charge in [0.1, 0.15) is 0 Å². The topological polar surface area (TPSA) is 88.7 Å². The monoisotopic (exact) mass is 257 g/mol. The Morgan fingerprint density at radius 1 is 1.76 bits per heavy atom. The molecule has 1 aliphatic rings. The zero-order valence-corrected chi connectivity index (χ0v) is 10.2. The number of aliphatic hydroxyl groups excluding tert-OH is 1. The summed E-state index contributed by atoms with van der Waals surface area (Å²) in [5, 5.41) is 11.3. The van der Waals surface area contributed by atoms with E-state index in [9.17, 15) is 4.79 Å². The number of nitrogens with zero attached hydrogens (tertiary/aromatic N) is 2. The fourth-order valence-corrected chi connectivity index (χ4v) is 2.29. The number of rotatable bonds is 3. The Balaban J connectivity index is 1.91. The highest BCUT2D eigenvalue weighted by Crippen LogP contribution is 2.13. The maximum Gasteiger partial charge on any atom is 0.228 e. The van der Waals surface area contributed by atoms with Crippen molar-refractivity contribution in [1.29, 1.82) is 0 Å². The fourth-order valence-electron chi connectivity index (χ4n) is 1.73. The normalized spacial score (nSPS) is 20.5. The van der Waals surface area contributed by atoms with E-state index in [1.165, 1.54) is 11.3 Å². The number of thiazole rings is 1. The van der Waals surface area contributed by atoms with E-state index in [-0.39, 0.29) is 25.0 Å². The van der Waals surface area contributed by atoms with Crippen molar-refractivity contribution in [3.8, 4) is 0 Å². The molecule has 1 atom stereocenters. The van der Waals surface area contributed by atoms with Crippen molar-refractivity contribution in [2.75, 3.05) is 32.0 Å². The van der Waals surface area contributed by atoms with Crippen LogP contribution in [0.4, 0.5) is 5.13 Å². The second-order valence-corrected chi connectivity index (χ2v) is 4.76. The van der Waals surface area contributed by atoms with Crippen LogP contribution in [0.5, 0.6) is 0 Å².